The first kappa shape index (κ1) is 32.8. The van der Waals surface area contributed by atoms with Crippen LogP contribution in [0.4, 0.5) is 0 Å². The van der Waals surface area contributed by atoms with Crippen LogP contribution in [0.1, 0.15) is 64.9 Å². The van der Waals surface area contributed by atoms with E-state index in [9.17, 15) is 13.0 Å². The van der Waals surface area contributed by atoms with Crippen molar-refractivity contribution >= 4 is 52.2 Å². The largest absolute Gasteiger partial charge is 0.598 e. The highest BCUT2D eigenvalue weighted by Crippen LogP contribution is 2.45. The normalized spacial score (nSPS) is 15.5. The van der Waals surface area contributed by atoms with E-state index in [1.54, 1.807) is 42.5 Å². The number of aromatic nitrogens is 1. The first-order valence-corrected chi connectivity index (χ1v) is 19.8. The van der Waals surface area contributed by atoms with Crippen molar-refractivity contribution in [3.63, 3.8) is 0 Å². The molecule has 0 fully saturated rings. The molecule has 0 aliphatic rings. The molecule has 10 heteroatoms. The Morgan fingerprint density at radius 3 is 2.12 bits per heavy atom. The third-order valence-corrected chi connectivity index (χ3v) is 15.8. The molecule has 3 atom stereocenters. The molecule has 1 aromatic heterocycles. The van der Waals surface area contributed by atoms with Crippen molar-refractivity contribution < 1.29 is 17.4 Å². The van der Waals surface area contributed by atoms with Crippen LogP contribution in [0.3, 0.4) is 0 Å². The SMILES string of the molecule is CC(C)(C)[S+]([O-])N[C@H](c1cc2ccccc2n1S(=O)(=O)c1ccccc1)[C@@H](O[Si](C)(C)C(C)(C)C)c1cccc(Cl)c1. The van der Waals surface area contributed by atoms with E-state index >= 15 is 0 Å². The number of rotatable bonds is 9. The standard InChI is InChI=1S/C32H41ClN2O4S2Si/c1-31(2,3)40(36)34-29(30(24-16-14-17-25(33)21-24)39-42(7,8)32(4,5)6)28-22-23-15-12-13-20-27(23)35(28)41(37,38)26-18-10-9-11-19-26/h9-22,29-30,34H,1-8H3/t29-,30+,40?/m1/s1. The summed E-state index contributed by atoms with van der Waals surface area (Å²) in [5.74, 6) is 0. The third kappa shape index (κ3) is 6.83. The zero-order valence-corrected chi connectivity index (χ0v) is 28.9. The second-order valence-electron chi connectivity index (χ2n) is 13.0. The number of nitrogens with zero attached hydrogens (tertiary/aromatic N) is 1. The molecule has 3 aromatic carbocycles. The minimum atomic E-state index is -4.06. The van der Waals surface area contributed by atoms with E-state index in [0.29, 0.717) is 16.2 Å². The van der Waals surface area contributed by atoms with Gasteiger partial charge in [-0.1, -0.05) is 80.9 Å². The molecule has 42 heavy (non-hydrogen) atoms. The predicted octanol–water partition coefficient (Wildman–Crippen LogP) is 8.39. The van der Waals surface area contributed by atoms with E-state index in [2.05, 4.69) is 38.6 Å². The molecule has 0 radical (unpaired) electrons. The van der Waals surface area contributed by atoms with Crippen molar-refractivity contribution in [1.82, 2.24) is 8.69 Å². The number of fused-ring (bicyclic) bond motifs is 1. The van der Waals surface area contributed by atoms with E-state index in [1.165, 1.54) is 3.97 Å². The van der Waals surface area contributed by atoms with Crippen LogP contribution in [-0.2, 0) is 25.8 Å². The number of benzene rings is 3. The molecule has 0 spiro atoms. The lowest BCUT2D eigenvalue weighted by Crippen LogP contribution is -2.48. The van der Waals surface area contributed by atoms with Crippen molar-refractivity contribution in [1.29, 1.82) is 0 Å². The van der Waals surface area contributed by atoms with E-state index in [-0.39, 0.29) is 9.93 Å². The van der Waals surface area contributed by atoms with Crippen LogP contribution in [0, 0.1) is 0 Å². The Morgan fingerprint density at radius 2 is 1.52 bits per heavy atom. The zero-order chi connectivity index (χ0) is 31.1. The summed E-state index contributed by atoms with van der Waals surface area (Å²) in [5, 5.41) is 1.13. The average molecular weight is 645 g/mol. The van der Waals surface area contributed by atoms with Gasteiger partial charge in [0.05, 0.1) is 22.2 Å². The van der Waals surface area contributed by atoms with Crippen molar-refractivity contribution in [2.24, 2.45) is 0 Å². The average Bonchev–Trinajstić information content (AvgIpc) is 3.30. The topological polar surface area (TPSA) is 83.4 Å². The van der Waals surface area contributed by atoms with Gasteiger partial charge in [0.1, 0.15) is 10.8 Å². The van der Waals surface area contributed by atoms with E-state index in [4.69, 9.17) is 16.0 Å². The van der Waals surface area contributed by atoms with Crippen LogP contribution in [0.2, 0.25) is 23.2 Å². The molecule has 4 rings (SSSR count). The molecule has 1 N–H and O–H groups in total. The van der Waals surface area contributed by atoms with Gasteiger partial charge in [-0.3, -0.25) is 0 Å². The smallest absolute Gasteiger partial charge is 0.268 e. The lowest BCUT2D eigenvalue weighted by atomic mass is 10.0. The zero-order valence-electron chi connectivity index (χ0n) is 25.5. The summed E-state index contributed by atoms with van der Waals surface area (Å²) in [6.07, 6.45) is -0.704. The van der Waals surface area contributed by atoms with Gasteiger partial charge in [-0.2, -0.15) is 0 Å². The monoisotopic (exact) mass is 644 g/mol. The fourth-order valence-electron chi connectivity index (χ4n) is 4.41. The van der Waals surface area contributed by atoms with Crippen LogP contribution >= 0.6 is 11.6 Å². The molecule has 0 aliphatic carbocycles. The molecule has 4 aromatic rings. The number of hydrogen-bond acceptors (Lipinski definition) is 5. The highest BCUT2D eigenvalue weighted by Gasteiger charge is 2.45. The highest BCUT2D eigenvalue weighted by atomic mass is 35.5. The fraction of sp³-hybridized carbons (Fsp3) is 0.375. The van der Waals surface area contributed by atoms with Gasteiger partial charge in [0.2, 0.25) is 0 Å². The molecular weight excluding hydrogens is 604 g/mol. The van der Waals surface area contributed by atoms with Crippen LogP contribution in [0.5, 0.6) is 0 Å². The highest BCUT2D eigenvalue weighted by molar-refractivity contribution is 7.91. The van der Waals surface area contributed by atoms with Crippen LogP contribution < -0.4 is 4.72 Å². The second-order valence-corrected chi connectivity index (χ2v) is 22.0. The van der Waals surface area contributed by atoms with Gasteiger partial charge < -0.3 is 8.98 Å². The molecule has 0 saturated carbocycles. The van der Waals surface area contributed by atoms with Gasteiger partial charge >= 0.3 is 0 Å². The Bertz CT molecular complexity index is 1640. The van der Waals surface area contributed by atoms with Crippen molar-refractivity contribution in [2.75, 3.05) is 0 Å². The Balaban J connectivity index is 2.06. The van der Waals surface area contributed by atoms with Crippen LogP contribution in [0.25, 0.3) is 10.9 Å². The molecular formula is C32H41ClN2O4S2Si. The summed E-state index contributed by atoms with van der Waals surface area (Å²) in [6.45, 7) is 16.4. The molecule has 226 valence electrons. The second kappa shape index (κ2) is 12.1. The maximum atomic E-state index is 14.4. The number of para-hydroxylation sites is 1. The van der Waals surface area contributed by atoms with Gasteiger partial charge in [-0.05, 0) is 80.9 Å². The van der Waals surface area contributed by atoms with Gasteiger partial charge in [0, 0.05) is 21.8 Å². The van der Waals surface area contributed by atoms with Gasteiger partial charge in [-0.25, -0.2) is 12.4 Å². The first-order chi connectivity index (χ1) is 19.4. The molecule has 0 bridgehead atoms. The van der Waals surface area contributed by atoms with Gasteiger partial charge in [-0.15, -0.1) is 4.72 Å². The van der Waals surface area contributed by atoms with Crippen molar-refractivity contribution in [3.8, 4) is 0 Å². The lowest BCUT2D eigenvalue weighted by molar-refractivity contribution is 0.145. The van der Waals surface area contributed by atoms with E-state index in [1.807, 2.05) is 63.2 Å². The Hall–Kier alpha value is -2.11. The van der Waals surface area contributed by atoms with Crippen molar-refractivity contribution in [2.45, 2.75) is 81.5 Å². The van der Waals surface area contributed by atoms with E-state index in [0.717, 1.165) is 10.9 Å². The maximum Gasteiger partial charge on any atom is 0.268 e. The molecule has 1 unspecified atom stereocenters. The number of halogens is 1. The summed E-state index contributed by atoms with van der Waals surface area (Å²) < 4.78 is 53.8. The third-order valence-electron chi connectivity index (χ3n) is 7.79. The van der Waals surface area contributed by atoms with Crippen LogP contribution in [-0.4, -0.2) is 30.0 Å². The fourth-order valence-corrected chi connectivity index (χ4v) is 8.28. The number of hydrogen-bond donors (Lipinski definition) is 1. The lowest BCUT2D eigenvalue weighted by Gasteiger charge is -2.42. The molecule has 0 aliphatic heterocycles. The molecule has 1 heterocycles. The van der Waals surface area contributed by atoms with Gasteiger partial charge in [0.25, 0.3) is 10.0 Å². The maximum absolute atomic E-state index is 14.4. The minimum absolute atomic E-state index is 0.152. The van der Waals surface area contributed by atoms with Gasteiger partial charge in [0.15, 0.2) is 8.32 Å². The summed E-state index contributed by atoms with van der Waals surface area (Å²) >= 11 is 4.93. The van der Waals surface area contributed by atoms with Crippen LogP contribution in [0.15, 0.2) is 89.8 Å². The Morgan fingerprint density at radius 1 is 0.905 bits per heavy atom. The summed E-state index contributed by atoms with van der Waals surface area (Å²) in [4.78, 5) is 0.160. The number of nitrogens with one attached hydrogen (secondary N) is 1. The quantitative estimate of drug-likeness (QED) is 0.146. The first-order valence-electron chi connectivity index (χ1n) is 14.0. The molecule has 6 nitrogen and oxygen atoms in total. The molecule has 0 saturated heterocycles. The molecule has 0 amide bonds. The summed E-state index contributed by atoms with van der Waals surface area (Å²) in [7, 11) is -6.53. The minimum Gasteiger partial charge on any atom is -0.598 e. The Labute approximate surface area is 259 Å². The van der Waals surface area contributed by atoms with E-state index < -0.39 is 46.6 Å². The summed E-state index contributed by atoms with van der Waals surface area (Å²) in [6, 6.07) is 24.2. The summed E-state index contributed by atoms with van der Waals surface area (Å²) in [5.41, 5.74) is 1.73. The van der Waals surface area contributed by atoms with Crippen molar-refractivity contribution in [3.05, 3.63) is 101 Å². The Kier molecular flexibility index (Phi) is 9.46. The predicted molar refractivity (Wildman–Crippen MR) is 177 cm³/mol.